The average Bonchev–Trinajstić information content (AvgIpc) is 2.64. The number of primary amides is 1. The van der Waals surface area contributed by atoms with Gasteiger partial charge in [-0.3, -0.25) is 19.7 Å². The molecule has 92 valence electrons. The molecule has 1 atom stereocenters. The lowest BCUT2D eigenvalue weighted by molar-refractivity contribution is -0.118. The summed E-state index contributed by atoms with van der Waals surface area (Å²) in [5.74, 6) is -1.31. The summed E-state index contributed by atoms with van der Waals surface area (Å²) in [6.07, 6.45) is 0.112. The summed E-state index contributed by atoms with van der Waals surface area (Å²) in [4.78, 5) is 32.8. The van der Waals surface area contributed by atoms with Gasteiger partial charge < -0.3 is 16.2 Å². The third-order valence-electron chi connectivity index (χ3n) is 1.97. The van der Waals surface area contributed by atoms with Crippen LogP contribution >= 0.6 is 0 Å². The molecule has 8 nitrogen and oxygen atoms in total. The Bertz CT molecular complexity index is 454. The van der Waals surface area contributed by atoms with Gasteiger partial charge in [0.2, 0.25) is 0 Å². The maximum atomic E-state index is 11.5. The molecule has 0 spiro atoms. The van der Waals surface area contributed by atoms with Crippen LogP contribution in [0.2, 0.25) is 0 Å². The zero-order valence-corrected chi connectivity index (χ0v) is 9.01. The summed E-state index contributed by atoms with van der Waals surface area (Å²) < 4.78 is 1.13. The van der Waals surface area contributed by atoms with Crippen molar-refractivity contribution in [3.8, 4) is 0 Å². The minimum absolute atomic E-state index is 0.0980. The number of hydrogen-bond acceptors (Lipinski definition) is 3. The Labute approximate surface area is 96.4 Å². The molecule has 1 rings (SSSR count). The number of carbonyl (C=O) groups is 3. The van der Waals surface area contributed by atoms with E-state index in [9.17, 15) is 14.4 Å². The topological polar surface area (TPSA) is 126 Å². The van der Waals surface area contributed by atoms with Crippen LogP contribution < -0.4 is 16.5 Å². The van der Waals surface area contributed by atoms with E-state index in [-0.39, 0.29) is 5.69 Å². The van der Waals surface area contributed by atoms with Crippen molar-refractivity contribution in [2.75, 3.05) is 5.43 Å². The molecule has 5 N–H and O–H groups in total. The van der Waals surface area contributed by atoms with Crippen molar-refractivity contribution >= 4 is 17.9 Å². The highest BCUT2D eigenvalue weighted by molar-refractivity contribution is 5.94. The van der Waals surface area contributed by atoms with Gasteiger partial charge in [-0.05, 0) is 19.1 Å². The lowest BCUT2D eigenvalue weighted by Gasteiger charge is -2.13. The fraction of sp³-hybridized carbons (Fsp3) is 0.222. The molecule has 1 aromatic rings. The van der Waals surface area contributed by atoms with E-state index in [1.165, 1.54) is 25.3 Å². The van der Waals surface area contributed by atoms with E-state index in [1.54, 1.807) is 0 Å². The molecular weight excluding hydrogens is 228 g/mol. The Morgan fingerprint density at radius 1 is 1.47 bits per heavy atom. The van der Waals surface area contributed by atoms with Gasteiger partial charge in [-0.15, -0.1) is 0 Å². The molecule has 0 saturated carbocycles. The minimum Gasteiger partial charge on any atom is -0.465 e. The molecule has 0 saturated heterocycles. The fourth-order valence-electron chi connectivity index (χ4n) is 1.15. The van der Waals surface area contributed by atoms with Crippen LogP contribution in [0.3, 0.4) is 0 Å². The van der Waals surface area contributed by atoms with Crippen molar-refractivity contribution in [2.24, 2.45) is 5.73 Å². The highest BCUT2D eigenvalue weighted by Crippen LogP contribution is 1.98. The summed E-state index contributed by atoms with van der Waals surface area (Å²) in [6.45, 7) is 1.37. The van der Waals surface area contributed by atoms with E-state index in [4.69, 9.17) is 10.8 Å². The number of carboxylic acid groups (broad SMARTS) is 1. The Hall–Kier alpha value is -2.51. The van der Waals surface area contributed by atoms with Crippen LogP contribution in [0.25, 0.3) is 0 Å². The number of nitrogens with one attached hydrogen (secondary N) is 2. The van der Waals surface area contributed by atoms with Crippen molar-refractivity contribution < 1.29 is 19.5 Å². The second-order valence-electron chi connectivity index (χ2n) is 3.27. The summed E-state index contributed by atoms with van der Waals surface area (Å²) in [7, 11) is 0. The van der Waals surface area contributed by atoms with E-state index in [0.29, 0.717) is 0 Å². The Morgan fingerprint density at radius 3 is 2.65 bits per heavy atom. The lowest BCUT2D eigenvalue weighted by atomic mass is 10.3. The highest BCUT2D eigenvalue weighted by Gasteiger charge is 2.16. The van der Waals surface area contributed by atoms with E-state index in [0.717, 1.165) is 4.68 Å². The normalized spacial score (nSPS) is 11.6. The number of amides is 3. The molecule has 0 aliphatic heterocycles. The predicted molar refractivity (Wildman–Crippen MR) is 57.9 cm³/mol. The van der Waals surface area contributed by atoms with Crippen LogP contribution in [0.5, 0.6) is 0 Å². The zero-order chi connectivity index (χ0) is 13.0. The first-order valence-electron chi connectivity index (χ1n) is 4.69. The third kappa shape index (κ3) is 3.23. The van der Waals surface area contributed by atoms with Crippen molar-refractivity contribution in [2.45, 2.75) is 13.0 Å². The molecular formula is C9H12N4O4. The van der Waals surface area contributed by atoms with Crippen LogP contribution in [0.4, 0.5) is 4.79 Å². The average molecular weight is 240 g/mol. The first kappa shape index (κ1) is 12.6. The molecule has 0 aromatic carbocycles. The smallest absolute Gasteiger partial charge is 0.405 e. The number of nitrogens with zero attached hydrogens (tertiary/aromatic N) is 1. The molecule has 0 radical (unpaired) electrons. The number of aromatic nitrogens is 1. The van der Waals surface area contributed by atoms with E-state index >= 15 is 0 Å². The van der Waals surface area contributed by atoms with Crippen LogP contribution in [0.1, 0.15) is 17.4 Å². The molecule has 0 fully saturated rings. The molecule has 1 aromatic heterocycles. The molecule has 0 aliphatic rings. The fourth-order valence-corrected chi connectivity index (χ4v) is 1.15. The quantitative estimate of drug-likeness (QED) is 0.555. The Kier molecular flexibility index (Phi) is 3.70. The van der Waals surface area contributed by atoms with E-state index in [2.05, 4.69) is 5.43 Å². The second-order valence-corrected chi connectivity index (χ2v) is 3.27. The summed E-state index contributed by atoms with van der Waals surface area (Å²) in [6, 6.07) is 2.00. The number of rotatable bonds is 4. The van der Waals surface area contributed by atoms with Crippen molar-refractivity contribution in [3.05, 3.63) is 24.0 Å². The lowest BCUT2D eigenvalue weighted by Crippen LogP contribution is -2.43. The third-order valence-corrected chi connectivity index (χ3v) is 1.97. The standard InChI is InChI=1S/C9H12N4O4/c1-5(11-9(16)17)8(15)12-13-4-2-3-6(13)7(10)14/h2-5,11H,1H3,(H2,10,14)(H,12,15)(H,16,17). The van der Waals surface area contributed by atoms with Gasteiger partial charge in [-0.2, -0.15) is 0 Å². The number of nitrogens with two attached hydrogens (primary N) is 1. The van der Waals surface area contributed by atoms with E-state index in [1.807, 2.05) is 5.32 Å². The second kappa shape index (κ2) is 5.01. The highest BCUT2D eigenvalue weighted by atomic mass is 16.4. The minimum atomic E-state index is -1.31. The van der Waals surface area contributed by atoms with Gasteiger partial charge in [-0.25, -0.2) is 4.79 Å². The van der Waals surface area contributed by atoms with Crippen molar-refractivity contribution in [1.82, 2.24) is 9.99 Å². The number of carbonyl (C=O) groups excluding carboxylic acids is 2. The number of hydrogen-bond donors (Lipinski definition) is 4. The monoisotopic (exact) mass is 240 g/mol. The molecule has 1 heterocycles. The summed E-state index contributed by atoms with van der Waals surface area (Å²) in [5.41, 5.74) is 7.50. The zero-order valence-electron chi connectivity index (χ0n) is 9.01. The molecule has 17 heavy (non-hydrogen) atoms. The maximum absolute atomic E-state index is 11.5. The van der Waals surface area contributed by atoms with Gasteiger partial charge in [0, 0.05) is 6.20 Å². The predicted octanol–water partition coefficient (Wildman–Crippen LogP) is -0.687. The Balaban J connectivity index is 2.71. The van der Waals surface area contributed by atoms with Gasteiger partial charge in [0.05, 0.1) is 0 Å². The molecule has 3 amide bonds. The molecule has 0 bridgehead atoms. The van der Waals surface area contributed by atoms with Gasteiger partial charge in [0.1, 0.15) is 11.7 Å². The first-order valence-corrected chi connectivity index (χ1v) is 4.69. The van der Waals surface area contributed by atoms with Gasteiger partial charge >= 0.3 is 6.09 Å². The van der Waals surface area contributed by atoms with Gasteiger partial charge in [-0.1, -0.05) is 0 Å². The molecule has 8 heteroatoms. The van der Waals surface area contributed by atoms with Crippen LogP contribution in [0.15, 0.2) is 18.3 Å². The largest absolute Gasteiger partial charge is 0.465 e. The van der Waals surface area contributed by atoms with Gasteiger partial charge in [0.25, 0.3) is 11.8 Å². The molecule has 0 aliphatic carbocycles. The SMILES string of the molecule is CC(NC(=O)O)C(=O)Nn1cccc1C(N)=O. The van der Waals surface area contributed by atoms with Crippen molar-refractivity contribution in [1.29, 1.82) is 0 Å². The Morgan fingerprint density at radius 2 is 2.12 bits per heavy atom. The van der Waals surface area contributed by atoms with Crippen LogP contribution in [-0.4, -0.2) is 33.7 Å². The summed E-state index contributed by atoms with van der Waals surface area (Å²) >= 11 is 0. The van der Waals surface area contributed by atoms with E-state index < -0.39 is 23.9 Å². The molecule has 1 unspecified atom stereocenters. The van der Waals surface area contributed by atoms with Crippen molar-refractivity contribution in [3.63, 3.8) is 0 Å². The van der Waals surface area contributed by atoms with Crippen LogP contribution in [0, 0.1) is 0 Å². The van der Waals surface area contributed by atoms with Gasteiger partial charge in [0.15, 0.2) is 0 Å². The van der Waals surface area contributed by atoms with Crippen LogP contribution in [-0.2, 0) is 4.79 Å². The first-order chi connectivity index (χ1) is 7.91. The maximum Gasteiger partial charge on any atom is 0.405 e. The summed E-state index contributed by atoms with van der Waals surface area (Å²) in [5, 5.41) is 10.4.